The molecule has 3 N–H and O–H groups in total. The highest BCUT2D eigenvalue weighted by Gasteiger charge is 2.52. The van der Waals surface area contributed by atoms with Gasteiger partial charge in [0.05, 0.1) is 45.2 Å². The molecular formula is C73H118ClF3N12O13. The monoisotopic (exact) mass is 1460 g/mol. The maximum absolute atomic E-state index is 15.9. The predicted molar refractivity (Wildman–Crippen MR) is 376 cm³/mol. The Bertz CT molecular complexity index is 2940. The molecule has 3 unspecified atom stereocenters. The molecule has 0 aromatic rings. The first-order chi connectivity index (χ1) is 48.2. The topological polar surface area (TPSA) is 279 Å². The molecular weight excluding hydrogens is 1350 g/mol. The fraction of sp³-hybridized carbons (Fsp3) is 0.836. The Kier molecular flexibility index (Phi) is 30.6. The van der Waals surface area contributed by atoms with Crippen LogP contribution in [0.4, 0.5) is 13.2 Å². The van der Waals surface area contributed by atoms with Gasteiger partial charge < -0.3 is 64.8 Å². The minimum Gasteiger partial charge on any atom is -0.377 e. The molecule has 0 radical (unpaired) electrons. The van der Waals surface area contributed by atoms with Crippen LogP contribution < -0.4 is 16.0 Å². The summed E-state index contributed by atoms with van der Waals surface area (Å²) in [7, 11) is 10.0. The highest BCUT2D eigenvalue weighted by atomic mass is 35.5. The average molecular weight is 1460 g/mol. The SMILES string of the molecule is CC[C@H](C)[C@@H]1NC(=O)[C@H](CC(C)C)N(C)C(=O)C[C@@H](C(=O)N2CCCCC2)N(C)C(=O)[C@H](C2CCCCC2)N(C)C(=O)C2(CCCC2)NC(=O)[C@@H]2COCCN2C(=O)[C@H](CCC2CCC(C(F)(F)F)C(Cl)C2)NC(=O)CN(C)C(=O)[C@H](CC2CCCCC2)N(C)C(=O)CN(C)C(=O)CN(C)C1=O. The van der Waals surface area contributed by atoms with Crippen LogP contribution in [0, 0.1) is 35.5 Å². The van der Waals surface area contributed by atoms with Gasteiger partial charge in [0, 0.05) is 74.3 Å². The summed E-state index contributed by atoms with van der Waals surface area (Å²) in [5.74, 6) is -10.9. The first-order valence-corrected chi connectivity index (χ1v) is 38.2. The van der Waals surface area contributed by atoms with Crippen molar-refractivity contribution in [2.75, 3.05) is 102 Å². The van der Waals surface area contributed by atoms with Crippen LogP contribution in [-0.2, 0) is 62.3 Å². The van der Waals surface area contributed by atoms with Crippen LogP contribution in [0.5, 0.6) is 0 Å². The number of carbonyl (C=O) groups excluding carboxylic acids is 12. The second kappa shape index (κ2) is 37.6. The number of alkyl halides is 4. The Morgan fingerprint density at radius 2 is 1.21 bits per heavy atom. The fourth-order valence-electron chi connectivity index (χ4n) is 16.6. The van der Waals surface area contributed by atoms with E-state index in [1.807, 2.05) is 20.8 Å². The zero-order valence-corrected chi connectivity index (χ0v) is 63.2. The number of halogens is 4. The Labute approximate surface area is 606 Å². The largest absolute Gasteiger partial charge is 0.393 e. The minimum absolute atomic E-state index is 0.0169. The smallest absolute Gasteiger partial charge is 0.377 e. The van der Waals surface area contributed by atoms with Gasteiger partial charge in [-0.3, -0.25) is 57.5 Å². The number of ether oxygens (including phenoxy) is 1. The van der Waals surface area contributed by atoms with Crippen LogP contribution in [0.2, 0.25) is 0 Å². The highest BCUT2D eigenvalue weighted by Crippen LogP contribution is 2.44. The van der Waals surface area contributed by atoms with Crippen LogP contribution in [0.15, 0.2) is 0 Å². The van der Waals surface area contributed by atoms with Crippen molar-refractivity contribution in [3.05, 3.63) is 0 Å². The van der Waals surface area contributed by atoms with Gasteiger partial charge in [-0.2, -0.15) is 13.2 Å². The van der Waals surface area contributed by atoms with Crippen molar-refractivity contribution in [3.63, 3.8) is 0 Å². The summed E-state index contributed by atoms with van der Waals surface area (Å²) < 4.78 is 48.0. The van der Waals surface area contributed by atoms with Crippen LogP contribution in [0.25, 0.3) is 0 Å². The highest BCUT2D eigenvalue weighted by molar-refractivity contribution is 6.21. The van der Waals surface area contributed by atoms with E-state index in [1.54, 1.807) is 11.8 Å². The summed E-state index contributed by atoms with van der Waals surface area (Å²) in [6, 6.07) is -8.87. The third-order valence-electron chi connectivity index (χ3n) is 23.3. The molecule has 4 aliphatic carbocycles. The van der Waals surface area contributed by atoms with E-state index < -0.39 is 174 Å². The molecule has 576 valence electrons. The lowest BCUT2D eigenvalue weighted by molar-refractivity contribution is -0.182. The van der Waals surface area contributed by atoms with Crippen molar-refractivity contribution in [1.29, 1.82) is 0 Å². The number of likely N-dealkylation sites (tertiary alicyclic amines) is 1. The lowest BCUT2D eigenvalue weighted by atomic mass is 9.78. The summed E-state index contributed by atoms with van der Waals surface area (Å²) in [6.45, 7) is 5.95. The molecule has 12 amide bonds. The van der Waals surface area contributed by atoms with Crippen molar-refractivity contribution >= 4 is 82.5 Å². The van der Waals surface area contributed by atoms with Gasteiger partial charge in [0.2, 0.25) is 70.9 Å². The Balaban J connectivity index is 1.29. The second-order valence-electron chi connectivity index (χ2n) is 31.2. The maximum atomic E-state index is 15.9. The molecule has 0 aromatic carbocycles. The quantitative estimate of drug-likeness (QED) is 0.209. The molecule has 102 heavy (non-hydrogen) atoms. The van der Waals surface area contributed by atoms with Gasteiger partial charge in [-0.1, -0.05) is 98.3 Å². The molecule has 7 rings (SSSR count). The first kappa shape index (κ1) is 83.0. The van der Waals surface area contributed by atoms with Crippen LogP contribution in [0.1, 0.15) is 195 Å². The van der Waals surface area contributed by atoms with E-state index in [-0.39, 0.29) is 95.3 Å². The number of piperidine rings is 1. The molecule has 1 spiro atoms. The van der Waals surface area contributed by atoms with E-state index in [0.717, 1.165) is 72.5 Å². The molecule has 11 atom stereocenters. The molecule has 0 bridgehead atoms. The number of likely N-dealkylation sites (N-methyl/N-ethyl adjacent to an activating group) is 7. The summed E-state index contributed by atoms with van der Waals surface area (Å²) in [4.78, 5) is 192. The Hall–Kier alpha value is -6.32. The first-order valence-electron chi connectivity index (χ1n) is 37.8. The number of hydrogen-bond donors (Lipinski definition) is 3. The summed E-state index contributed by atoms with van der Waals surface area (Å²) in [5.41, 5.74) is -1.61. The normalized spacial score (nSPS) is 29.9. The Morgan fingerprint density at radius 3 is 1.81 bits per heavy atom. The molecule has 0 aromatic heterocycles. The number of morpholine rings is 1. The van der Waals surface area contributed by atoms with Crippen LogP contribution >= 0.6 is 11.6 Å². The number of amides is 12. The van der Waals surface area contributed by atoms with Crippen molar-refractivity contribution in [1.82, 2.24) is 60.0 Å². The van der Waals surface area contributed by atoms with E-state index in [0.29, 0.717) is 58.0 Å². The lowest BCUT2D eigenvalue weighted by Crippen LogP contribution is -2.67. The van der Waals surface area contributed by atoms with Gasteiger partial charge >= 0.3 is 6.18 Å². The summed E-state index contributed by atoms with van der Waals surface area (Å²) >= 11 is 6.42. The van der Waals surface area contributed by atoms with Crippen LogP contribution in [-0.4, -0.2) is 276 Å². The van der Waals surface area contributed by atoms with Gasteiger partial charge in [-0.05, 0) is 119 Å². The molecule has 4 saturated carbocycles. The number of fused-ring (bicyclic) bond motifs is 1. The van der Waals surface area contributed by atoms with Crippen molar-refractivity contribution in [2.24, 2.45) is 35.5 Å². The molecule has 3 heterocycles. The number of nitrogens with zero attached hydrogens (tertiary/aromatic N) is 9. The van der Waals surface area contributed by atoms with E-state index in [2.05, 4.69) is 16.0 Å². The molecule has 7 aliphatic rings. The zero-order valence-electron chi connectivity index (χ0n) is 62.5. The van der Waals surface area contributed by atoms with Crippen molar-refractivity contribution in [2.45, 2.75) is 254 Å². The molecule has 25 nitrogen and oxygen atoms in total. The number of carbonyl (C=O) groups is 12. The average Bonchev–Trinajstić information content (AvgIpc) is 1.39. The lowest BCUT2D eigenvalue weighted by Gasteiger charge is -2.44. The molecule has 3 aliphatic heterocycles. The zero-order chi connectivity index (χ0) is 75.1. The third kappa shape index (κ3) is 21.2. The number of rotatable bonds is 11. The van der Waals surface area contributed by atoms with Gasteiger partial charge in [-0.25, -0.2) is 0 Å². The number of hydrogen-bond acceptors (Lipinski definition) is 13. The van der Waals surface area contributed by atoms with E-state index in [1.165, 1.54) is 73.8 Å². The summed E-state index contributed by atoms with van der Waals surface area (Å²) in [6.07, 6.45) is 6.99. The second-order valence-corrected chi connectivity index (χ2v) is 31.7. The third-order valence-corrected chi connectivity index (χ3v) is 23.8. The van der Waals surface area contributed by atoms with Crippen LogP contribution in [0.3, 0.4) is 0 Å². The Morgan fingerprint density at radius 1 is 0.608 bits per heavy atom. The van der Waals surface area contributed by atoms with Gasteiger partial charge in [0.15, 0.2) is 0 Å². The van der Waals surface area contributed by atoms with Crippen molar-refractivity contribution < 1.29 is 75.4 Å². The maximum Gasteiger partial charge on any atom is 0.393 e. The minimum atomic E-state index is -4.52. The van der Waals surface area contributed by atoms with Gasteiger partial charge in [0.1, 0.15) is 47.8 Å². The molecule has 29 heteroatoms. The van der Waals surface area contributed by atoms with Crippen molar-refractivity contribution in [3.8, 4) is 0 Å². The number of nitrogens with one attached hydrogen (secondary N) is 3. The van der Waals surface area contributed by atoms with Gasteiger partial charge in [-0.15, -0.1) is 11.6 Å². The molecule has 3 saturated heterocycles. The van der Waals surface area contributed by atoms with E-state index in [4.69, 9.17) is 16.3 Å². The summed E-state index contributed by atoms with van der Waals surface area (Å²) in [5, 5.41) is 7.56. The predicted octanol–water partition coefficient (Wildman–Crippen LogP) is 5.72. The fourth-order valence-corrected chi connectivity index (χ4v) is 17.1. The standard InChI is InChI=1S/C73H118ClF3N12O13/c1-12-47(4)62-69(99)83(7)43-60(92)81(5)44-61(93)85(9)55(40-48-24-16-13-17-25-48)67(97)82(6)42-58(90)78-53(31-29-49-28-30-51(52(74)39-49)73(75,76)77)66(96)89-36-37-102-45-57(89)65(95)80-72(32-20-21-33-72)71(101)87(11)63(50-26-18-14-19-27-50)70(100)86(10)56(68(98)88-34-22-15-23-35-88)41-59(91)84(8)54(38-46(2)3)64(94)79-62/h46-57,62-63H,12-45H2,1-11H3,(H,78,90)(H,79,94)(H,80,95)/t47-,49?,51?,52?,53-,54-,55-,56-,57-,62-,63-/m0/s1. The van der Waals surface area contributed by atoms with E-state index in [9.17, 15) is 41.9 Å². The van der Waals surface area contributed by atoms with Gasteiger partial charge in [0.25, 0.3) is 0 Å². The molecule has 7 fully saturated rings. The van der Waals surface area contributed by atoms with E-state index >= 15 is 28.8 Å².